The molecule has 5 heteroatoms. The van der Waals surface area contributed by atoms with E-state index >= 15 is 0 Å². The number of pyridine rings is 2. The first-order valence-electron chi connectivity index (χ1n) is 8.70. The molecule has 2 heterocycles. The minimum absolute atomic E-state index is 0.171. The number of phenols is 1. The summed E-state index contributed by atoms with van der Waals surface area (Å²) in [5.41, 5.74) is 3.14. The molecule has 0 radical (unpaired) electrons. The van der Waals surface area contributed by atoms with E-state index in [1.54, 1.807) is 0 Å². The summed E-state index contributed by atoms with van der Waals surface area (Å²) in [4.78, 5) is 7.70. The minimum atomic E-state index is -0.297. The zero-order chi connectivity index (χ0) is 18.8. The van der Waals surface area contributed by atoms with Gasteiger partial charge in [0.1, 0.15) is 17.3 Å². The van der Waals surface area contributed by atoms with Crippen molar-refractivity contribution in [2.24, 2.45) is 0 Å². The van der Waals surface area contributed by atoms with Crippen LogP contribution in [-0.2, 0) is 0 Å². The minimum Gasteiger partial charge on any atom is -0.505 e. The van der Waals surface area contributed by atoms with Crippen LogP contribution in [0, 0.1) is 6.92 Å². The maximum absolute atomic E-state index is 11.0. The number of fused-ring (bicyclic) bond motifs is 1. The van der Waals surface area contributed by atoms with Gasteiger partial charge in [0, 0.05) is 33.3 Å². The van der Waals surface area contributed by atoms with Crippen molar-refractivity contribution in [3.63, 3.8) is 0 Å². The molecule has 2 aromatic heterocycles. The number of rotatable bonds is 4. The lowest BCUT2D eigenvalue weighted by molar-refractivity contribution is -0.361. The molecule has 1 unspecified atom stereocenters. The smallest absolute Gasteiger partial charge is 0.272 e. The van der Waals surface area contributed by atoms with Crippen LogP contribution < -0.4 is 10.3 Å². The highest BCUT2D eigenvalue weighted by Gasteiger charge is 2.24. The van der Waals surface area contributed by atoms with Crippen molar-refractivity contribution in [2.45, 2.75) is 13.0 Å². The Hall–Kier alpha value is -3.11. The highest BCUT2D eigenvalue weighted by Crippen LogP contribution is 2.36. The normalized spacial score (nSPS) is 12.1. The molecule has 0 fully saturated rings. The molecule has 0 saturated heterocycles. The van der Waals surface area contributed by atoms with Crippen LogP contribution in [0.1, 0.15) is 22.9 Å². The monoisotopic (exact) mass is 376 g/mol. The summed E-state index contributed by atoms with van der Waals surface area (Å²) in [6.07, 6.45) is 1.85. The average Bonchev–Trinajstić information content (AvgIpc) is 2.68. The summed E-state index contributed by atoms with van der Waals surface area (Å²) in [5.74, 6) is 1.00. The number of halogens is 1. The topological polar surface area (TPSA) is 59.3 Å². The van der Waals surface area contributed by atoms with Gasteiger partial charge in [0.05, 0.1) is 6.20 Å². The second-order valence-electron chi connectivity index (χ2n) is 6.44. The summed E-state index contributed by atoms with van der Waals surface area (Å²) in [5, 5.41) is 16.0. The summed E-state index contributed by atoms with van der Waals surface area (Å²) in [7, 11) is 0. The number of anilines is 1. The predicted octanol–water partition coefficient (Wildman–Crippen LogP) is 4.92. The van der Waals surface area contributed by atoms with E-state index in [2.05, 4.69) is 15.3 Å². The van der Waals surface area contributed by atoms with Crippen molar-refractivity contribution in [2.75, 3.05) is 5.32 Å². The van der Waals surface area contributed by atoms with Gasteiger partial charge in [-0.1, -0.05) is 41.9 Å². The Morgan fingerprint density at radius 3 is 2.67 bits per heavy atom. The van der Waals surface area contributed by atoms with E-state index in [4.69, 9.17) is 11.6 Å². The van der Waals surface area contributed by atoms with Gasteiger partial charge in [-0.2, -0.15) is 0 Å². The average molecular weight is 377 g/mol. The molecule has 0 amide bonds. The summed E-state index contributed by atoms with van der Waals surface area (Å²) < 4.78 is 0. The van der Waals surface area contributed by atoms with Gasteiger partial charge in [0.15, 0.2) is 0 Å². The molecule has 2 aromatic carbocycles. The summed E-state index contributed by atoms with van der Waals surface area (Å²) >= 11 is 6.22. The first kappa shape index (κ1) is 17.3. The first-order chi connectivity index (χ1) is 13.1. The van der Waals surface area contributed by atoms with Gasteiger partial charge in [-0.25, -0.2) is 9.97 Å². The van der Waals surface area contributed by atoms with E-state index in [1.807, 2.05) is 79.9 Å². The highest BCUT2D eigenvalue weighted by atomic mass is 35.5. The Kier molecular flexibility index (Phi) is 4.65. The van der Waals surface area contributed by atoms with Crippen LogP contribution in [0.3, 0.4) is 0 Å². The van der Waals surface area contributed by atoms with Crippen molar-refractivity contribution in [3.05, 3.63) is 94.8 Å². The van der Waals surface area contributed by atoms with Crippen LogP contribution in [0.4, 0.5) is 5.82 Å². The third-order valence-corrected chi connectivity index (χ3v) is 4.74. The van der Waals surface area contributed by atoms with Crippen molar-refractivity contribution in [1.29, 1.82) is 0 Å². The van der Waals surface area contributed by atoms with E-state index in [-0.39, 0.29) is 11.8 Å². The Labute approximate surface area is 162 Å². The molecule has 1 atom stereocenters. The Morgan fingerprint density at radius 1 is 1.04 bits per heavy atom. The number of hydrogen-bond acceptors (Lipinski definition) is 3. The molecule has 4 aromatic rings. The van der Waals surface area contributed by atoms with Gasteiger partial charge >= 0.3 is 0 Å². The number of aromatic nitrogens is 2. The van der Waals surface area contributed by atoms with E-state index in [0.717, 1.165) is 28.0 Å². The number of nitrogens with zero attached hydrogens (tertiary/aromatic N) is 1. The molecule has 4 rings (SSSR count). The van der Waals surface area contributed by atoms with E-state index in [9.17, 15) is 5.11 Å². The molecule has 4 nitrogen and oxygen atoms in total. The molecule has 0 aliphatic heterocycles. The van der Waals surface area contributed by atoms with E-state index in [1.165, 1.54) is 0 Å². The quantitative estimate of drug-likeness (QED) is 0.531. The lowest BCUT2D eigenvalue weighted by atomic mass is 9.96. The number of benzene rings is 2. The predicted molar refractivity (Wildman–Crippen MR) is 108 cm³/mol. The SMILES string of the molecule is Cc1ccc2ccc(C(Nc3cccc[nH+]3)c3cccc(Cl)c3)c(O)c2n1. The molecule has 3 N–H and O–H groups in total. The molecule has 0 saturated carbocycles. The molecule has 27 heavy (non-hydrogen) atoms. The fourth-order valence-electron chi connectivity index (χ4n) is 3.19. The van der Waals surface area contributed by atoms with Crippen LogP contribution >= 0.6 is 11.6 Å². The Balaban J connectivity index is 1.87. The van der Waals surface area contributed by atoms with Crippen LogP contribution in [-0.4, -0.2) is 10.1 Å². The second kappa shape index (κ2) is 7.25. The Bertz CT molecular complexity index is 1100. The second-order valence-corrected chi connectivity index (χ2v) is 6.87. The zero-order valence-electron chi connectivity index (χ0n) is 14.8. The number of hydrogen-bond donors (Lipinski definition) is 2. The number of aromatic amines is 1. The maximum atomic E-state index is 11.0. The van der Waals surface area contributed by atoms with Crippen LogP contribution in [0.2, 0.25) is 5.02 Å². The third-order valence-electron chi connectivity index (χ3n) is 4.51. The molecule has 134 valence electrons. The molecular weight excluding hydrogens is 358 g/mol. The van der Waals surface area contributed by atoms with Gasteiger partial charge in [-0.05, 0) is 37.3 Å². The number of aryl methyl sites for hydroxylation is 1. The largest absolute Gasteiger partial charge is 0.505 e. The van der Waals surface area contributed by atoms with Crippen LogP contribution in [0.15, 0.2) is 72.9 Å². The number of nitrogens with one attached hydrogen (secondary N) is 2. The van der Waals surface area contributed by atoms with Crippen LogP contribution in [0.25, 0.3) is 10.9 Å². The highest BCUT2D eigenvalue weighted by molar-refractivity contribution is 6.30. The standard InChI is InChI=1S/C22H18ClN3O/c1-14-8-9-15-10-11-18(22(27)21(15)25-14)20(16-5-4-6-17(23)13-16)26-19-7-2-3-12-24-19/h2-13,20,27H,1H3,(H,24,26)/p+1. The molecule has 0 bridgehead atoms. The lowest BCUT2D eigenvalue weighted by Crippen LogP contribution is -2.19. The number of phenolic OH excluding ortho intramolecular Hbond substituents is 1. The van der Waals surface area contributed by atoms with E-state index in [0.29, 0.717) is 10.5 Å². The number of aromatic hydroxyl groups is 1. The molecule has 0 aliphatic carbocycles. The summed E-state index contributed by atoms with van der Waals surface area (Å²) in [6.45, 7) is 1.91. The van der Waals surface area contributed by atoms with Crippen molar-refractivity contribution < 1.29 is 10.1 Å². The lowest BCUT2D eigenvalue weighted by Gasteiger charge is -2.18. The van der Waals surface area contributed by atoms with Crippen molar-refractivity contribution in [3.8, 4) is 5.75 Å². The van der Waals surface area contributed by atoms with Gasteiger partial charge in [0.25, 0.3) is 5.82 Å². The van der Waals surface area contributed by atoms with Crippen LogP contribution in [0.5, 0.6) is 5.75 Å². The summed E-state index contributed by atoms with van der Waals surface area (Å²) in [6, 6.07) is 20.9. The van der Waals surface area contributed by atoms with Gasteiger partial charge in [0.2, 0.25) is 0 Å². The molecule has 0 spiro atoms. The Morgan fingerprint density at radius 2 is 1.89 bits per heavy atom. The molecule has 0 aliphatic rings. The first-order valence-corrected chi connectivity index (χ1v) is 9.07. The fraction of sp³-hybridized carbons (Fsp3) is 0.0909. The third kappa shape index (κ3) is 3.57. The van der Waals surface area contributed by atoms with Crippen molar-refractivity contribution in [1.82, 2.24) is 4.98 Å². The fourth-order valence-corrected chi connectivity index (χ4v) is 3.38. The van der Waals surface area contributed by atoms with E-state index < -0.39 is 0 Å². The molecular formula is C22H19ClN3O+. The van der Waals surface area contributed by atoms with Gasteiger partial charge < -0.3 is 5.11 Å². The maximum Gasteiger partial charge on any atom is 0.272 e. The zero-order valence-corrected chi connectivity index (χ0v) is 15.5. The van der Waals surface area contributed by atoms with Gasteiger partial charge in [-0.3, -0.25) is 5.32 Å². The number of H-pyrrole nitrogens is 1. The van der Waals surface area contributed by atoms with Crippen molar-refractivity contribution >= 4 is 28.3 Å². The van der Waals surface area contributed by atoms with Gasteiger partial charge in [-0.15, -0.1) is 0 Å².